The number of hydrogen-bond acceptors (Lipinski definition) is 2. The Morgan fingerprint density at radius 1 is 1.21 bits per heavy atom. The van der Waals surface area contributed by atoms with Crippen molar-refractivity contribution in [3.63, 3.8) is 0 Å². The molecule has 0 aliphatic carbocycles. The van der Waals surface area contributed by atoms with Gasteiger partial charge in [0.2, 0.25) is 0 Å². The van der Waals surface area contributed by atoms with Crippen LogP contribution in [-0.4, -0.2) is 37.6 Å². The maximum atomic E-state index is 3.40. The van der Waals surface area contributed by atoms with Crippen LogP contribution in [0.5, 0.6) is 0 Å². The molecule has 1 fully saturated rings. The first-order valence-corrected chi connectivity index (χ1v) is 5.11. The third-order valence-electron chi connectivity index (χ3n) is 2.59. The summed E-state index contributed by atoms with van der Waals surface area (Å²) in [7, 11) is 2.26. The van der Waals surface area contributed by atoms with Gasteiger partial charge < -0.3 is 10.2 Å². The Bertz CT molecular complexity index is 125. The van der Waals surface area contributed by atoms with Crippen LogP contribution in [0.2, 0.25) is 0 Å². The van der Waals surface area contributed by atoms with Crippen molar-refractivity contribution in [2.24, 2.45) is 5.92 Å². The van der Waals surface area contributed by atoms with E-state index < -0.39 is 0 Å². The molecule has 0 atom stereocenters. The zero-order valence-corrected chi connectivity index (χ0v) is 12.9. The normalized spacial score (nSPS) is 17.8. The topological polar surface area (TPSA) is 15.3 Å². The van der Waals surface area contributed by atoms with Crippen molar-refractivity contribution in [3.05, 3.63) is 0 Å². The summed E-state index contributed by atoms with van der Waals surface area (Å²) < 4.78 is 0. The molecule has 2 nitrogen and oxygen atoms in total. The van der Waals surface area contributed by atoms with E-state index in [0.29, 0.717) is 0 Å². The molecule has 0 aromatic rings. The third kappa shape index (κ3) is 6.38. The Morgan fingerprint density at radius 3 is 2.14 bits per heavy atom. The summed E-state index contributed by atoms with van der Waals surface area (Å²) in [6.45, 7) is 8.22. The summed E-state index contributed by atoms with van der Waals surface area (Å²) >= 11 is 0. The van der Waals surface area contributed by atoms with E-state index in [1.54, 1.807) is 0 Å². The van der Waals surface area contributed by atoms with E-state index in [1.165, 1.54) is 32.5 Å². The largest absolute Gasteiger partial charge is 0.317 e. The van der Waals surface area contributed by atoms with Crippen LogP contribution in [0.1, 0.15) is 26.7 Å². The van der Waals surface area contributed by atoms with Crippen LogP contribution in [0.3, 0.4) is 0 Å². The molecule has 0 spiro atoms. The van der Waals surface area contributed by atoms with E-state index in [1.807, 2.05) is 0 Å². The predicted molar refractivity (Wildman–Crippen MR) is 74.0 cm³/mol. The maximum absolute atomic E-state index is 3.40. The van der Waals surface area contributed by atoms with Gasteiger partial charge in [0, 0.05) is 12.6 Å². The minimum Gasteiger partial charge on any atom is -0.317 e. The van der Waals surface area contributed by atoms with Gasteiger partial charge in [0.15, 0.2) is 0 Å². The molecule has 4 heteroatoms. The van der Waals surface area contributed by atoms with E-state index in [9.17, 15) is 0 Å². The van der Waals surface area contributed by atoms with E-state index in [4.69, 9.17) is 0 Å². The number of piperidine rings is 1. The molecule has 0 aromatic carbocycles. The first kappa shape index (κ1) is 17.3. The molecule has 0 saturated carbocycles. The van der Waals surface area contributed by atoms with Gasteiger partial charge >= 0.3 is 0 Å². The molecule has 0 radical (unpaired) electrons. The van der Waals surface area contributed by atoms with Gasteiger partial charge in [0.05, 0.1) is 0 Å². The minimum atomic E-state index is 0. The Kier molecular flexibility index (Phi) is 11.3. The van der Waals surface area contributed by atoms with Gasteiger partial charge in [-0.2, -0.15) is 0 Å². The van der Waals surface area contributed by atoms with Gasteiger partial charge in [0.1, 0.15) is 0 Å². The molecule has 0 aromatic heterocycles. The molecule has 1 heterocycles. The molecule has 1 aliphatic rings. The van der Waals surface area contributed by atoms with Crippen molar-refractivity contribution in [2.45, 2.75) is 32.7 Å². The summed E-state index contributed by atoms with van der Waals surface area (Å²) in [5.74, 6) is 0.796. The zero-order valence-electron chi connectivity index (χ0n) is 9.45. The Balaban J connectivity index is 0. The molecule has 1 saturated heterocycles. The van der Waals surface area contributed by atoms with Crippen molar-refractivity contribution in [2.75, 3.05) is 26.7 Å². The van der Waals surface area contributed by atoms with Crippen molar-refractivity contribution in [1.82, 2.24) is 10.2 Å². The highest BCUT2D eigenvalue weighted by molar-refractivity contribution is 8.93. The number of rotatable bonds is 3. The summed E-state index contributed by atoms with van der Waals surface area (Å²) in [5, 5.41) is 3.40. The fraction of sp³-hybridized carbons (Fsp3) is 1.00. The summed E-state index contributed by atoms with van der Waals surface area (Å²) in [6.07, 6.45) is 2.65. The minimum absolute atomic E-state index is 0. The van der Waals surface area contributed by atoms with Crippen LogP contribution in [0.25, 0.3) is 0 Å². The van der Waals surface area contributed by atoms with Gasteiger partial charge in [-0.15, -0.1) is 34.0 Å². The zero-order chi connectivity index (χ0) is 8.97. The predicted octanol–water partition coefficient (Wildman–Crippen LogP) is 2.48. The third-order valence-corrected chi connectivity index (χ3v) is 2.59. The molecule has 0 bridgehead atoms. The highest BCUT2D eigenvalue weighted by Gasteiger charge is 2.17. The van der Waals surface area contributed by atoms with Gasteiger partial charge in [0.25, 0.3) is 0 Å². The molecule has 14 heavy (non-hydrogen) atoms. The fourth-order valence-corrected chi connectivity index (χ4v) is 1.97. The first-order chi connectivity index (χ1) is 5.70. The molecule has 0 amide bonds. The molecular formula is C10H24Br2N2. The van der Waals surface area contributed by atoms with Crippen molar-refractivity contribution >= 4 is 34.0 Å². The standard InChI is InChI=1S/C10H22N2.2BrH/c1-9(2)8-12(3)10-4-6-11-7-5-10;;/h9-11H,4-8H2,1-3H3;2*1H. The molecule has 1 N–H and O–H groups in total. The molecule has 1 aliphatic heterocycles. The molecular weight excluding hydrogens is 308 g/mol. The van der Waals surface area contributed by atoms with Crippen LogP contribution in [-0.2, 0) is 0 Å². The van der Waals surface area contributed by atoms with Gasteiger partial charge in [-0.1, -0.05) is 13.8 Å². The second kappa shape index (κ2) is 9.13. The second-order valence-corrected chi connectivity index (χ2v) is 4.31. The van der Waals surface area contributed by atoms with Crippen molar-refractivity contribution in [1.29, 1.82) is 0 Å². The Hall–Kier alpha value is 0.880. The molecule has 1 rings (SSSR count). The maximum Gasteiger partial charge on any atom is 0.0116 e. The van der Waals surface area contributed by atoms with E-state index in [0.717, 1.165) is 12.0 Å². The lowest BCUT2D eigenvalue weighted by molar-refractivity contribution is 0.181. The number of halogens is 2. The SMILES string of the molecule is Br.Br.CC(C)CN(C)C1CCNCC1. The summed E-state index contributed by atoms with van der Waals surface area (Å²) in [4.78, 5) is 2.52. The van der Waals surface area contributed by atoms with E-state index in [-0.39, 0.29) is 34.0 Å². The first-order valence-electron chi connectivity index (χ1n) is 5.11. The van der Waals surface area contributed by atoms with Crippen LogP contribution in [0.4, 0.5) is 0 Å². The Morgan fingerprint density at radius 2 is 1.71 bits per heavy atom. The Labute approximate surface area is 109 Å². The fourth-order valence-electron chi connectivity index (χ4n) is 1.97. The van der Waals surface area contributed by atoms with Crippen molar-refractivity contribution in [3.8, 4) is 0 Å². The lowest BCUT2D eigenvalue weighted by Gasteiger charge is -2.32. The molecule has 88 valence electrons. The lowest BCUT2D eigenvalue weighted by Crippen LogP contribution is -2.42. The van der Waals surface area contributed by atoms with Gasteiger partial charge in [-0.3, -0.25) is 0 Å². The van der Waals surface area contributed by atoms with Crippen LogP contribution < -0.4 is 5.32 Å². The van der Waals surface area contributed by atoms with Crippen molar-refractivity contribution < 1.29 is 0 Å². The lowest BCUT2D eigenvalue weighted by atomic mass is 10.0. The van der Waals surface area contributed by atoms with E-state index >= 15 is 0 Å². The highest BCUT2D eigenvalue weighted by Crippen LogP contribution is 2.11. The summed E-state index contributed by atoms with van der Waals surface area (Å²) in [6, 6.07) is 0.827. The van der Waals surface area contributed by atoms with Gasteiger partial charge in [-0.25, -0.2) is 0 Å². The summed E-state index contributed by atoms with van der Waals surface area (Å²) in [5.41, 5.74) is 0. The van der Waals surface area contributed by atoms with Crippen LogP contribution in [0, 0.1) is 5.92 Å². The van der Waals surface area contributed by atoms with E-state index in [2.05, 4.69) is 31.1 Å². The second-order valence-electron chi connectivity index (χ2n) is 4.31. The average Bonchev–Trinajstić information content (AvgIpc) is 2.05. The van der Waals surface area contributed by atoms with Crippen LogP contribution >= 0.6 is 34.0 Å². The quantitative estimate of drug-likeness (QED) is 0.854. The van der Waals surface area contributed by atoms with Gasteiger partial charge in [-0.05, 0) is 38.9 Å². The highest BCUT2D eigenvalue weighted by atomic mass is 79.9. The number of nitrogens with one attached hydrogen (secondary N) is 1. The van der Waals surface area contributed by atoms with Crippen LogP contribution in [0.15, 0.2) is 0 Å². The average molecular weight is 332 g/mol. The molecule has 0 unspecified atom stereocenters. The monoisotopic (exact) mass is 330 g/mol. The number of nitrogens with zero attached hydrogens (tertiary/aromatic N) is 1. The smallest absolute Gasteiger partial charge is 0.0116 e. The number of hydrogen-bond donors (Lipinski definition) is 1.